The normalized spacial score (nSPS) is 12.1. The van der Waals surface area contributed by atoms with Gasteiger partial charge in [0.15, 0.2) is 0 Å². The minimum Gasteiger partial charge on any atom is -0.296 e. The summed E-state index contributed by atoms with van der Waals surface area (Å²) in [5.41, 5.74) is 0. The van der Waals surface area contributed by atoms with Crippen LogP contribution in [0.3, 0.4) is 0 Å². The first kappa shape index (κ1) is 56.1. The zero-order valence-corrected chi connectivity index (χ0v) is 39.8. The Balaban J connectivity index is 4.18. The topological polar surface area (TPSA) is 46.2 Å². The standard InChI is InChI=1S/C54H107NO2/c1-4-7-10-13-16-19-22-25-28-30-32-35-38-41-44-47-50-52(49-46-43-40-37-34-31-27-24-21-18-15-12-9-6-3)54(57)55-53(56)51-48-45-42-39-36-33-29-26-23-20-17-14-11-8-5-2/h52H,4-51H2,1-3H3,(H,55,56,57). The SMILES string of the molecule is CCCCCCCCCCCCCCCCCCC(CCCCCCCCCCCCCCCC)C(=O)NC(=O)CCCCCCCCCCCCCCCCC. The van der Waals surface area contributed by atoms with Crippen molar-refractivity contribution in [1.29, 1.82) is 0 Å². The van der Waals surface area contributed by atoms with Crippen molar-refractivity contribution in [2.75, 3.05) is 0 Å². The first-order valence-electron chi connectivity index (χ1n) is 27.0. The highest BCUT2D eigenvalue weighted by Gasteiger charge is 2.20. The fourth-order valence-corrected chi connectivity index (χ4v) is 8.89. The quantitative estimate of drug-likeness (QED) is 0.0623. The van der Waals surface area contributed by atoms with Crippen molar-refractivity contribution in [3.63, 3.8) is 0 Å². The van der Waals surface area contributed by atoms with Gasteiger partial charge in [0.05, 0.1) is 0 Å². The summed E-state index contributed by atoms with van der Waals surface area (Å²) in [6.45, 7) is 6.88. The summed E-state index contributed by atoms with van der Waals surface area (Å²) in [4.78, 5) is 26.1. The second-order valence-corrected chi connectivity index (χ2v) is 18.8. The number of rotatable bonds is 49. The van der Waals surface area contributed by atoms with Crippen molar-refractivity contribution in [1.82, 2.24) is 5.32 Å². The Hall–Kier alpha value is -0.860. The predicted octanol–water partition coefficient (Wildman–Crippen LogP) is 19.0. The van der Waals surface area contributed by atoms with E-state index in [9.17, 15) is 9.59 Å². The molecule has 0 rings (SSSR count). The van der Waals surface area contributed by atoms with E-state index < -0.39 is 0 Å². The molecule has 0 heterocycles. The molecule has 0 aliphatic carbocycles. The molecule has 1 unspecified atom stereocenters. The molecular formula is C54H107NO2. The van der Waals surface area contributed by atoms with Crippen LogP contribution in [-0.2, 0) is 9.59 Å². The van der Waals surface area contributed by atoms with Crippen LogP contribution in [0.5, 0.6) is 0 Å². The van der Waals surface area contributed by atoms with Crippen molar-refractivity contribution in [3.05, 3.63) is 0 Å². The molecule has 0 aromatic heterocycles. The van der Waals surface area contributed by atoms with Crippen molar-refractivity contribution in [2.45, 2.75) is 329 Å². The molecule has 1 atom stereocenters. The highest BCUT2D eigenvalue weighted by atomic mass is 16.2. The van der Waals surface area contributed by atoms with Crippen LogP contribution in [0.4, 0.5) is 0 Å². The number of amides is 2. The second kappa shape index (κ2) is 49.5. The zero-order valence-electron chi connectivity index (χ0n) is 39.8. The summed E-state index contributed by atoms with van der Waals surface area (Å²) in [7, 11) is 0. The lowest BCUT2D eigenvalue weighted by atomic mass is 9.93. The maximum atomic E-state index is 13.3. The van der Waals surface area contributed by atoms with Gasteiger partial charge in [0.25, 0.3) is 0 Å². The lowest BCUT2D eigenvalue weighted by Gasteiger charge is -2.16. The van der Waals surface area contributed by atoms with Gasteiger partial charge < -0.3 is 0 Å². The molecule has 2 amide bonds. The first-order valence-corrected chi connectivity index (χ1v) is 27.0. The summed E-state index contributed by atoms with van der Waals surface area (Å²) in [6.07, 6.45) is 63.3. The minimum absolute atomic E-state index is 0.0129. The van der Waals surface area contributed by atoms with Gasteiger partial charge in [-0.2, -0.15) is 0 Å². The Bertz CT molecular complexity index is 780. The first-order chi connectivity index (χ1) is 28.2. The van der Waals surface area contributed by atoms with Crippen LogP contribution in [0.2, 0.25) is 0 Å². The van der Waals surface area contributed by atoms with Crippen molar-refractivity contribution in [3.8, 4) is 0 Å². The van der Waals surface area contributed by atoms with E-state index in [0.29, 0.717) is 6.42 Å². The Morgan fingerprint density at radius 3 is 0.702 bits per heavy atom. The minimum atomic E-state index is -0.0346. The van der Waals surface area contributed by atoms with Gasteiger partial charge in [-0.1, -0.05) is 303 Å². The molecule has 0 spiro atoms. The van der Waals surface area contributed by atoms with Gasteiger partial charge in [0.1, 0.15) is 0 Å². The molecule has 0 saturated heterocycles. The average molecular weight is 802 g/mol. The highest BCUT2D eigenvalue weighted by molar-refractivity contribution is 5.96. The number of carbonyl (C=O) groups is 2. The number of nitrogens with one attached hydrogen (secondary N) is 1. The van der Waals surface area contributed by atoms with Crippen LogP contribution in [0.25, 0.3) is 0 Å². The molecule has 0 aliphatic heterocycles. The van der Waals surface area contributed by atoms with E-state index >= 15 is 0 Å². The van der Waals surface area contributed by atoms with Gasteiger partial charge >= 0.3 is 0 Å². The number of imide groups is 1. The maximum absolute atomic E-state index is 13.3. The molecule has 0 bridgehead atoms. The summed E-state index contributed by atoms with van der Waals surface area (Å²) >= 11 is 0. The van der Waals surface area contributed by atoms with Crippen LogP contribution < -0.4 is 5.32 Å². The molecule has 57 heavy (non-hydrogen) atoms. The number of hydrogen-bond donors (Lipinski definition) is 1. The fourth-order valence-electron chi connectivity index (χ4n) is 8.89. The largest absolute Gasteiger partial charge is 0.296 e. The van der Waals surface area contributed by atoms with Crippen LogP contribution >= 0.6 is 0 Å². The molecule has 0 saturated carbocycles. The van der Waals surface area contributed by atoms with Gasteiger partial charge in [-0.3, -0.25) is 14.9 Å². The molecule has 340 valence electrons. The maximum Gasteiger partial charge on any atom is 0.229 e. The average Bonchev–Trinajstić information content (AvgIpc) is 3.21. The summed E-state index contributed by atoms with van der Waals surface area (Å²) in [6, 6.07) is 0. The number of hydrogen-bond acceptors (Lipinski definition) is 2. The molecule has 0 aromatic carbocycles. The van der Waals surface area contributed by atoms with Crippen LogP contribution in [-0.4, -0.2) is 11.8 Å². The lowest BCUT2D eigenvalue weighted by molar-refractivity contribution is -0.133. The number of unbranched alkanes of at least 4 members (excludes halogenated alkanes) is 42. The summed E-state index contributed by atoms with van der Waals surface area (Å²) in [5.74, 6) is 0.00298. The van der Waals surface area contributed by atoms with Gasteiger partial charge in [0, 0.05) is 12.3 Å². The second-order valence-electron chi connectivity index (χ2n) is 18.8. The Morgan fingerprint density at radius 2 is 0.474 bits per heavy atom. The van der Waals surface area contributed by atoms with Crippen molar-refractivity contribution >= 4 is 11.8 Å². The monoisotopic (exact) mass is 802 g/mol. The van der Waals surface area contributed by atoms with Crippen LogP contribution in [0.1, 0.15) is 329 Å². The fraction of sp³-hybridized carbons (Fsp3) is 0.963. The van der Waals surface area contributed by atoms with E-state index in [2.05, 4.69) is 26.1 Å². The predicted molar refractivity (Wildman–Crippen MR) is 255 cm³/mol. The van der Waals surface area contributed by atoms with Gasteiger partial charge in [-0.05, 0) is 19.3 Å². The van der Waals surface area contributed by atoms with Gasteiger partial charge in [0.2, 0.25) is 11.8 Å². The highest BCUT2D eigenvalue weighted by Crippen LogP contribution is 2.21. The smallest absolute Gasteiger partial charge is 0.229 e. The summed E-state index contributed by atoms with van der Waals surface area (Å²) in [5, 5.41) is 2.86. The van der Waals surface area contributed by atoms with E-state index in [-0.39, 0.29) is 17.7 Å². The van der Waals surface area contributed by atoms with E-state index in [1.54, 1.807) is 0 Å². The zero-order chi connectivity index (χ0) is 41.4. The molecule has 3 heteroatoms. The van der Waals surface area contributed by atoms with Crippen molar-refractivity contribution < 1.29 is 9.59 Å². The Labute approximate surface area is 360 Å². The Kier molecular flexibility index (Phi) is 48.8. The van der Waals surface area contributed by atoms with E-state index in [0.717, 1.165) is 38.5 Å². The van der Waals surface area contributed by atoms with Gasteiger partial charge in [-0.15, -0.1) is 0 Å². The summed E-state index contributed by atoms with van der Waals surface area (Å²) < 4.78 is 0. The van der Waals surface area contributed by atoms with E-state index in [1.165, 1.54) is 263 Å². The molecule has 0 aliphatic rings. The van der Waals surface area contributed by atoms with Gasteiger partial charge in [-0.25, -0.2) is 0 Å². The number of carbonyl (C=O) groups excluding carboxylic acids is 2. The lowest BCUT2D eigenvalue weighted by Crippen LogP contribution is -2.35. The van der Waals surface area contributed by atoms with E-state index in [4.69, 9.17) is 0 Å². The molecule has 0 aromatic rings. The third-order valence-corrected chi connectivity index (χ3v) is 13.0. The molecule has 3 nitrogen and oxygen atoms in total. The van der Waals surface area contributed by atoms with E-state index in [1.807, 2.05) is 0 Å². The molecular weight excluding hydrogens is 695 g/mol. The molecule has 1 N–H and O–H groups in total. The van der Waals surface area contributed by atoms with Crippen LogP contribution in [0, 0.1) is 5.92 Å². The third-order valence-electron chi connectivity index (χ3n) is 13.0. The molecule has 0 fully saturated rings. The third kappa shape index (κ3) is 46.1. The molecule has 0 radical (unpaired) electrons. The van der Waals surface area contributed by atoms with Crippen LogP contribution in [0.15, 0.2) is 0 Å². The van der Waals surface area contributed by atoms with Crippen molar-refractivity contribution in [2.24, 2.45) is 5.92 Å². The Morgan fingerprint density at radius 1 is 0.281 bits per heavy atom.